The monoisotopic (exact) mass is 543 g/mol. The van der Waals surface area contributed by atoms with Crippen LogP contribution in [0.25, 0.3) is 5.57 Å². The zero-order valence-corrected chi connectivity index (χ0v) is 24.4. The molecule has 0 saturated carbocycles. The van der Waals surface area contributed by atoms with Gasteiger partial charge in [0, 0.05) is 31.6 Å². The molecular formula is C33H41N3O4. The molecule has 0 spiro atoms. The molecule has 40 heavy (non-hydrogen) atoms. The Labute approximate surface area is 237 Å². The van der Waals surface area contributed by atoms with Gasteiger partial charge < -0.3 is 14.6 Å². The second-order valence-corrected chi connectivity index (χ2v) is 9.47. The lowest BCUT2D eigenvalue weighted by molar-refractivity contribution is -0.126. The minimum absolute atomic E-state index is 0.263. The van der Waals surface area contributed by atoms with Crippen LogP contribution in [0.15, 0.2) is 99.9 Å². The molecule has 0 aliphatic carbocycles. The standard InChI is InChI=1S/C31H37N3O2.C2H4O2/c1-6-23(3)19-27(29-14-9-8-11-24(29)4)21-28(7-2)32-17-15-25-12-10-13-26(20-25)22-34-30(35)16-18-33(5)31(34)36;1-4-2-3/h7-14,16,18-21,32H,6,15,17,22H2,1-5H3;2H,1H3/b23-19+,27-21+,28-7+;. The van der Waals surface area contributed by atoms with Gasteiger partial charge in [0.1, 0.15) is 0 Å². The van der Waals surface area contributed by atoms with Gasteiger partial charge in [-0.15, -0.1) is 0 Å². The minimum Gasteiger partial charge on any atom is -0.471 e. The van der Waals surface area contributed by atoms with Gasteiger partial charge in [-0.1, -0.05) is 73.2 Å². The SMILES string of the molecule is COC=O.C\C=C(/C=C(\C=C(/C)CC)c1ccccc1C)NCCc1cccc(Cn2c(=O)ccn(C)c2=O)c1. The van der Waals surface area contributed by atoms with Crippen molar-refractivity contribution in [3.8, 4) is 0 Å². The van der Waals surface area contributed by atoms with Gasteiger partial charge in [0.05, 0.1) is 13.7 Å². The number of nitrogens with zero attached hydrogens (tertiary/aromatic N) is 2. The summed E-state index contributed by atoms with van der Waals surface area (Å²) in [7, 11) is 2.96. The molecule has 0 aliphatic rings. The van der Waals surface area contributed by atoms with E-state index in [4.69, 9.17) is 4.79 Å². The summed E-state index contributed by atoms with van der Waals surface area (Å²) < 4.78 is 6.54. The Morgan fingerprint density at radius 1 is 1.02 bits per heavy atom. The Morgan fingerprint density at radius 3 is 2.38 bits per heavy atom. The topological polar surface area (TPSA) is 82.3 Å². The van der Waals surface area contributed by atoms with E-state index in [1.807, 2.05) is 19.1 Å². The van der Waals surface area contributed by atoms with Crippen LogP contribution in [-0.4, -0.2) is 29.3 Å². The lowest BCUT2D eigenvalue weighted by Gasteiger charge is -2.13. The molecule has 0 amide bonds. The number of allylic oxidation sites excluding steroid dienone is 5. The highest BCUT2D eigenvalue weighted by molar-refractivity contribution is 5.78. The third kappa shape index (κ3) is 9.73. The van der Waals surface area contributed by atoms with E-state index < -0.39 is 0 Å². The highest BCUT2D eigenvalue weighted by atomic mass is 16.5. The smallest absolute Gasteiger partial charge is 0.331 e. The Kier molecular flexibility index (Phi) is 13.2. The molecule has 0 fully saturated rings. The van der Waals surface area contributed by atoms with Gasteiger partial charge in [0.25, 0.3) is 12.0 Å². The summed E-state index contributed by atoms with van der Waals surface area (Å²) in [6, 6.07) is 18.0. The van der Waals surface area contributed by atoms with E-state index in [0.29, 0.717) is 6.47 Å². The number of carbonyl (C=O) groups is 1. The number of rotatable bonds is 11. The number of nitrogens with one attached hydrogen (secondary N) is 1. The summed E-state index contributed by atoms with van der Waals surface area (Å²) in [5.41, 5.74) is 7.59. The van der Waals surface area contributed by atoms with Crippen molar-refractivity contribution in [1.29, 1.82) is 0 Å². The predicted molar refractivity (Wildman–Crippen MR) is 163 cm³/mol. The van der Waals surface area contributed by atoms with Gasteiger partial charge in [0.15, 0.2) is 0 Å². The molecule has 0 aliphatic heterocycles. The van der Waals surface area contributed by atoms with Crippen LogP contribution in [-0.2, 0) is 29.5 Å². The summed E-state index contributed by atoms with van der Waals surface area (Å²) >= 11 is 0. The quantitative estimate of drug-likeness (QED) is 0.267. The van der Waals surface area contributed by atoms with Crippen molar-refractivity contribution in [1.82, 2.24) is 14.5 Å². The van der Waals surface area contributed by atoms with Crippen molar-refractivity contribution < 1.29 is 9.53 Å². The molecule has 1 N–H and O–H groups in total. The second kappa shape index (κ2) is 16.5. The summed E-state index contributed by atoms with van der Waals surface area (Å²) in [6.07, 6.45) is 9.92. The number of carbonyl (C=O) groups excluding carboxylic acids is 1. The zero-order chi connectivity index (χ0) is 29.5. The number of hydrogen-bond acceptors (Lipinski definition) is 5. The molecule has 7 heteroatoms. The Morgan fingerprint density at radius 2 is 1.73 bits per heavy atom. The first kappa shape index (κ1) is 31.8. The highest BCUT2D eigenvalue weighted by Gasteiger charge is 2.06. The number of aryl methyl sites for hydroxylation is 2. The van der Waals surface area contributed by atoms with Crippen molar-refractivity contribution in [2.45, 2.75) is 47.1 Å². The van der Waals surface area contributed by atoms with Crippen LogP contribution in [0.4, 0.5) is 0 Å². The number of ether oxygens (including phenoxy) is 1. The molecule has 1 heterocycles. The minimum atomic E-state index is -0.309. The molecule has 212 valence electrons. The molecule has 0 radical (unpaired) electrons. The van der Waals surface area contributed by atoms with Crippen LogP contribution < -0.4 is 16.6 Å². The Hall–Kier alpha value is -4.39. The first-order valence-corrected chi connectivity index (χ1v) is 13.4. The molecule has 0 unspecified atom stereocenters. The summed E-state index contributed by atoms with van der Waals surface area (Å²) in [6.45, 7) is 9.94. The fourth-order valence-corrected chi connectivity index (χ4v) is 4.04. The third-order valence-electron chi connectivity index (χ3n) is 6.45. The van der Waals surface area contributed by atoms with E-state index in [9.17, 15) is 9.59 Å². The number of aromatic nitrogens is 2. The fraction of sp³-hybridized carbons (Fsp3) is 0.303. The summed E-state index contributed by atoms with van der Waals surface area (Å²) in [5, 5.41) is 3.57. The Bertz CT molecular complexity index is 1480. The molecular weight excluding hydrogens is 502 g/mol. The van der Waals surface area contributed by atoms with Crippen LogP contribution in [0, 0.1) is 6.92 Å². The van der Waals surface area contributed by atoms with E-state index in [0.717, 1.165) is 36.2 Å². The van der Waals surface area contributed by atoms with E-state index in [2.05, 4.69) is 85.5 Å². The van der Waals surface area contributed by atoms with Gasteiger partial charge in [-0.05, 0) is 67.5 Å². The summed E-state index contributed by atoms with van der Waals surface area (Å²) in [5.74, 6) is 0. The molecule has 1 aromatic heterocycles. The van der Waals surface area contributed by atoms with E-state index in [1.165, 1.54) is 50.8 Å². The lowest BCUT2D eigenvalue weighted by atomic mass is 9.97. The van der Waals surface area contributed by atoms with Gasteiger partial charge >= 0.3 is 5.69 Å². The molecule has 7 nitrogen and oxygen atoms in total. The van der Waals surface area contributed by atoms with Crippen molar-refractivity contribution >= 4 is 12.0 Å². The van der Waals surface area contributed by atoms with Crippen LogP contribution >= 0.6 is 0 Å². The molecule has 0 saturated heterocycles. The predicted octanol–water partition coefficient (Wildman–Crippen LogP) is 5.17. The first-order chi connectivity index (χ1) is 19.2. The third-order valence-corrected chi connectivity index (χ3v) is 6.45. The molecule has 0 atom stereocenters. The number of benzene rings is 2. The molecule has 3 rings (SSSR count). The average Bonchev–Trinajstić information content (AvgIpc) is 2.96. The van der Waals surface area contributed by atoms with Gasteiger partial charge in [-0.2, -0.15) is 0 Å². The van der Waals surface area contributed by atoms with Crippen LogP contribution in [0.2, 0.25) is 0 Å². The normalized spacial score (nSPS) is 11.9. The van der Waals surface area contributed by atoms with E-state index in [-0.39, 0.29) is 17.8 Å². The molecule has 0 bridgehead atoms. The lowest BCUT2D eigenvalue weighted by Crippen LogP contribution is -2.38. The average molecular weight is 544 g/mol. The first-order valence-electron chi connectivity index (χ1n) is 13.4. The largest absolute Gasteiger partial charge is 0.471 e. The van der Waals surface area contributed by atoms with Crippen molar-refractivity contribution in [2.24, 2.45) is 7.05 Å². The van der Waals surface area contributed by atoms with Crippen molar-refractivity contribution in [3.63, 3.8) is 0 Å². The molecule has 2 aromatic carbocycles. The van der Waals surface area contributed by atoms with Gasteiger partial charge in [-0.3, -0.25) is 14.2 Å². The van der Waals surface area contributed by atoms with Crippen LogP contribution in [0.5, 0.6) is 0 Å². The fourth-order valence-electron chi connectivity index (χ4n) is 4.04. The van der Waals surface area contributed by atoms with Crippen LogP contribution in [0.1, 0.15) is 49.4 Å². The van der Waals surface area contributed by atoms with E-state index >= 15 is 0 Å². The van der Waals surface area contributed by atoms with Crippen molar-refractivity contribution in [2.75, 3.05) is 13.7 Å². The maximum atomic E-state index is 12.4. The zero-order valence-electron chi connectivity index (χ0n) is 24.4. The van der Waals surface area contributed by atoms with E-state index in [1.54, 1.807) is 7.05 Å². The number of methoxy groups -OCH3 is 1. The maximum absolute atomic E-state index is 12.4. The maximum Gasteiger partial charge on any atom is 0.331 e. The van der Waals surface area contributed by atoms with Crippen molar-refractivity contribution in [3.05, 3.63) is 133 Å². The van der Waals surface area contributed by atoms with Crippen LogP contribution in [0.3, 0.4) is 0 Å². The van der Waals surface area contributed by atoms with Gasteiger partial charge in [0.2, 0.25) is 0 Å². The highest BCUT2D eigenvalue weighted by Crippen LogP contribution is 2.23. The number of hydrogen-bond donors (Lipinski definition) is 1. The Balaban J connectivity index is 0.00000131. The summed E-state index contributed by atoms with van der Waals surface area (Å²) in [4.78, 5) is 33.5. The molecule has 3 aromatic rings. The second-order valence-electron chi connectivity index (χ2n) is 9.47. The van der Waals surface area contributed by atoms with Gasteiger partial charge in [-0.25, -0.2) is 4.79 Å².